The summed E-state index contributed by atoms with van der Waals surface area (Å²) in [5, 5.41) is 0. The van der Waals surface area contributed by atoms with Gasteiger partial charge in [-0.15, -0.1) is 13.2 Å². The van der Waals surface area contributed by atoms with Crippen LogP contribution in [0, 0.1) is 5.92 Å². The second-order valence-corrected chi connectivity index (χ2v) is 4.43. The number of ether oxygens (including phenoxy) is 1. The molecule has 0 radical (unpaired) electrons. The fourth-order valence-electron chi connectivity index (χ4n) is 1.73. The first-order valence-corrected chi connectivity index (χ1v) is 5.81. The Morgan fingerprint density at radius 1 is 1.22 bits per heavy atom. The van der Waals surface area contributed by atoms with E-state index in [2.05, 4.69) is 4.74 Å². The van der Waals surface area contributed by atoms with E-state index in [-0.39, 0.29) is 17.5 Å². The van der Waals surface area contributed by atoms with E-state index in [1.165, 1.54) is 12.1 Å². The Balaban J connectivity index is 1.85. The van der Waals surface area contributed by atoms with Gasteiger partial charge in [0, 0.05) is 12.3 Å². The number of rotatable bonds is 5. The van der Waals surface area contributed by atoms with Crippen LogP contribution in [0.25, 0.3) is 0 Å². The van der Waals surface area contributed by atoms with Crippen LogP contribution in [0.2, 0.25) is 0 Å². The van der Waals surface area contributed by atoms with Gasteiger partial charge in [-0.25, -0.2) is 0 Å². The summed E-state index contributed by atoms with van der Waals surface area (Å²) in [6.07, 6.45) is -1.66. The second-order valence-electron chi connectivity index (χ2n) is 4.43. The van der Waals surface area contributed by atoms with E-state index in [1.807, 2.05) is 0 Å². The minimum atomic E-state index is -4.66. The second kappa shape index (κ2) is 5.00. The lowest BCUT2D eigenvalue weighted by Crippen LogP contribution is -2.17. The van der Waals surface area contributed by atoms with Crippen LogP contribution in [0.3, 0.4) is 0 Å². The van der Waals surface area contributed by atoms with E-state index in [0.29, 0.717) is 12.8 Å². The van der Waals surface area contributed by atoms with E-state index >= 15 is 0 Å². The van der Waals surface area contributed by atoms with E-state index in [1.54, 1.807) is 12.1 Å². The van der Waals surface area contributed by atoms with Crippen molar-refractivity contribution in [1.29, 1.82) is 0 Å². The van der Waals surface area contributed by atoms with E-state index in [4.69, 9.17) is 0 Å². The Morgan fingerprint density at radius 3 is 2.33 bits per heavy atom. The Bertz CT molecular complexity index is 419. The van der Waals surface area contributed by atoms with Gasteiger partial charge in [-0.2, -0.15) is 0 Å². The first kappa shape index (κ1) is 12.9. The smallest absolute Gasteiger partial charge is 0.406 e. The third kappa shape index (κ3) is 4.05. The van der Waals surface area contributed by atoms with Gasteiger partial charge in [0.25, 0.3) is 0 Å². The van der Waals surface area contributed by atoms with Gasteiger partial charge in [-0.1, -0.05) is 12.1 Å². The van der Waals surface area contributed by atoms with Crippen LogP contribution in [0.15, 0.2) is 24.3 Å². The molecule has 0 saturated heterocycles. The topological polar surface area (TPSA) is 26.3 Å². The molecule has 0 unspecified atom stereocenters. The molecule has 0 bridgehead atoms. The zero-order valence-corrected chi connectivity index (χ0v) is 9.67. The number of alkyl halides is 3. The maximum Gasteiger partial charge on any atom is 0.573 e. The summed E-state index contributed by atoms with van der Waals surface area (Å²) in [6.45, 7) is 0. The Kier molecular flexibility index (Phi) is 3.59. The number of ketones is 1. The van der Waals surface area contributed by atoms with E-state index in [9.17, 15) is 18.0 Å². The summed E-state index contributed by atoms with van der Waals surface area (Å²) in [5.41, 5.74) is 0.846. The van der Waals surface area contributed by atoms with Crippen molar-refractivity contribution < 1.29 is 22.7 Å². The van der Waals surface area contributed by atoms with E-state index in [0.717, 1.165) is 18.4 Å². The zero-order valence-electron chi connectivity index (χ0n) is 9.67. The Hall–Kier alpha value is -1.52. The van der Waals surface area contributed by atoms with Crippen LogP contribution < -0.4 is 4.74 Å². The predicted molar refractivity (Wildman–Crippen MR) is 59.2 cm³/mol. The molecule has 0 amide bonds. The van der Waals surface area contributed by atoms with Gasteiger partial charge in [-0.05, 0) is 37.0 Å². The third-order valence-electron chi connectivity index (χ3n) is 2.85. The summed E-state index contributed by atoms with van der Waals surface area (Å²) in [6, 6.07) is 5.65. The van der Waals surface area contributed by atoms with Crippen molar-refractivity contribution in [2.75, 3.05) is 0 Å². The molecule has 2 nitrogen and oxygen atoms in total. The molecule has 1 aliphatic carbocycles. The van der Waals surface area contributed by atoms with E-state index < -0.39 is 6.36 Å². The van der Waals surface area contributed by atoms with Crippen LogP contribution >= 0.6 is 0 Å². The number of halogens is 3. The fraction of sp³-hybridized carbons (Fsp3) is 0.462. The first-order chi connectivity index (χ1) is 8.44. The maximum absolute atomic E-state index is 11.9. The maximum atomic E-state index is 11.9. The third-order valence-corrected chi connectivity index (χ3v) is 2.85. The standard InChI is InChI=1S/C13H13F3O2/c14-13(15,16)18-11-6-1-9(2-7-11)3-8-12(17)10-4-5-10/h1-2,6-7,10H,3-5,8H2. The first-order valence-electron chi connectivity index (χ1n) is 5.81. The van der Waals surface area contributed by atoms with Crippen molar-refractivity contribution in [3.63, 3.8) is 0 Å². The highest BCUT2D eigenvalue weighted by atomic mass is 19.4. The molecule has 1 aromatic carbocycles. The Morgan fingerprint density at radius 2 is 1.83 bits per heavy atom. The predicted octanol–water partition coefficient (Wildman–Crippen LogP) is 3.50. The van der Waals surface area contributed by atoms with Crippen molar-refractivity contribution in [2.24, 2.45) is 5.92 Å². The quantitative estimate of drug-likeness (QED) is 0.808. The minimum absolute atomic E-state index is 0.234. The molecule has 1 aromatic rings. The number of aryl methyl sites for hydroxylation is 1. The van der Waals surface area contributed by atoms with Crippen LogP contribution in [0.1, 0.15) is 24.8 Å². The Labute approximate surface area is 103 Å². The van der Waals surface area contributed by atoms with Gasteiger partial charge in [0.2, 0.25) is 0 Å². The average molecular weight is 258 g/mol. The molecule has 0 atom stereocenters. The van der Waals surface area contributed by atoms with Gasteiger partial charge in [-0.3, -0.25) is 4.79 Å². The van der Waals surface area contributed by atoms with Crippen molar-refractivity contribution in [2.45, 2.75) is 32.0 Å². The van der Waals surface area contributed by atoms with Gasteiger partial charge < -0.3 is 4.74 Å². The van der Waals surface area contributed by atoms with Crippen molar-refractivity contribution in [1.82, 2.24) is 0 Å². The van der Waals surface area contributed by atoms with Crippen LogP contribution in [0.5, 0.6) is 5.75 Å². The molecule has 1 saturated carbocycles. The zero-order chi connectivity index (χ0) is 13.2. The average Bonchev–Trinajstić information content (AvgIpc) is 3.09. The lowest BCUT2D eigenvalue weighted by molar-refractivity contribution is -0.274. The summed E-state index contributed by atoms with van der Waals surface area (Å²) in [5.74, 6) is 0.253. The van der Waals surface area contributed by atoms with Gasteiger partial charge >= 0.3 is 6.36 Å². The molecule has 1 fully saturated rings. The van der Waals surface area contributed by atoms with Gasteiger partial charge in [0.15, 0.2) is 0 Å². The van der Waals surface area contributed by atoms with Crippen LogP contribution in [-0.4, -0.2) is 12.1 Å². The number of Topliss-reactive ketones (excluding diaryl/α,β-unsaturated/α-hetero) is 1. The number of carbonyl (C=O) groups is 1. The van der Waals surface area contributed by atoms with Crippen molar-refractivity contribution >= 4 is 5.78 Å². The number of carbonyl (C=O) groups excluding carboxylic acids is 1. The summed E-state index contributed by atoms with van der Waals surface area (Å²) >= 11 is 0. The van der Waals surface area contributed by atoms with Crippen LogP contribution in [-0.2, 0) is 11.2 Å². The number of hydrogen-bond acceptors (Lipinski definition) is 2. The lowest BCUT2D eigenvalue weighted by atomic mass is 10.1. The van der Waals surface area contributed by atoms with Gasteiger partial charge in [0.05, 0.1) is 0 Å². The van der Waals surface area contributed by atoms with Gasteiger partial charge in [0.1, 0.15) is 11.5 Å². The summed E-state index contributed by atoms with van der Waals surface area (Å²) < 4.78 is 39.5. The summed E-state index contributed by atoms with van der Waals surface area (Å²) in [7, 11) is 0. The molecular weight excluding hydrogens is 245 g/mol. The molecule has 5 heteroatoms. The largest absolute Gasteiger partial charge is 0.573 e. The minimum Gasteiger partial charge on any atom is -0.406 e. The molecule has 0 heterocycles. The highest BCUT2D eigenvalue weighted by molar-refractivity contribution is 5.83. The molecule has 98 valence electrons. The SMILES string of the molecule is O=C(CCc1ccc(OC(F)(F)F)cc1)C1CC1. The molecular formula is C13H13F3O2. The lowest BCUT2D eigenvalue weighted by Gasteiger charge is -2.09. The normalized spacial score (nSPS) is 15.5. The molecule has 0 aliphatic heterocycles. The molecule has 0 spiro atoms. The van der Waals surface area contributed by atoms with Crippen molar-refractivity contribution in [3.8, 4) is 5.75 Å². The molecule has 18 heavy (non-hydrogen) atoms. The fourth-order valence-corrected chi connectivity index (χ4v) is 1.73. The highest BCUT2D eigenvalue weighted by Gasteiger charge is 2.31. The monoisotopic (exact) mass is 258 g/mol. The molecule has 0 aromatic heterocycles. The number of hydrogen-bond donors (Lipinski definition) is 0. The van der Waals surface area contributed by atoms with Crippen LogP contribution in [0.4, 0.5) is 13.2 Å². The molecule has 0 N–H and O–H groups in total. The molecule has 1 aliphatic rings. The summed E-state index contributed by atoms with van der Waals surface area (Å²) in [4.78, 5) is 11.5. The van der Waals surface area contributed by atoms with Crippen molar-refractivity contribution in [3.05, 3.63) is 29.8 Å². The highest BCUT2D eigenvalue weighted by Crippen LogP contribution is 2.31. The molecule has 2 rings (SSSR count). The number of benzene rings is 1.